The van der Waals surface area contributed by atoms with Crippen LogP contribution >= 0.6 is 0 Å². The van der Waals surface area contributed by atoms with Crippen LogP contribution in [0.2, 0.25) is 0 Å². The summed E-state index contributed by atoms with van der Waals surface area (Å²) in [6.45, 7) is -1.95. The predicted molar refractivity (Wildman–Crippen MR) is 58.8 cm³/mol. The van der Waals surface area contributed by atoms with Gasteiger partial charge in [0.15, 0.2) is 6.29 Å². The molecule has 1 aliphatic rings. The van der Waals surface area contributed by atoms with E-state index in [4.69, 9.17) is 24.8 Å². The Kier molecular flexibility index (Phi) is 6.53. The number of hydrogen-bond acceptors (Lipinski definition) is 9. The van der Waals surface area contributed by atoms with E-state index in [9.17, 15) is 20.4 Å². The Morgan fingerprint density at radius 1 is 0.947 bits per heavy atom. The minimum atomic E-state index is -1.63. The highest BCUT2D eigenvalue weighted by molar-refractivity contribution is 4.89. The molecule has 0 aromatic carbocycles. The summed E-state index contributed by atoms with van der Waals surface area (Å²) in [4.78, 5) is 0. The lowest BCUT2D eigenvalue weighted by atomic mass is 9.99. The molecule has 0 unspecified atom stereocenters. The van der Waals surface area contributed by atoms with E-state index in [-0.39, 0.29) is 0 Å². The first-order chi connectivity index (χ1) is 8.96. The van der Waals surface area contributed by atoms with Crippen LogP contribution in [0.3, 0.4) is 0 Å². The summed E-state index contributed by atoms with van der Waals surface area (Å²) in [6, 6.07) is 0. The van der Waals surface area contributed by atoms with E-state index in [0.717, 1.165) is 0 Å². The Balaban J connectivity index is 2.70. The van der Waals surface area contributed by atoms with Crippen molar-refractivity contribution >= 4 is 0 Å². The standard InChI is InChI=1S/C10H20O9/c11-1-4(14)5(2-12)18-10-9(17)8(16)7(15)6(3-13)19-10/h4-17H,1-3H2/t4-,5-,6-,7-,8+,9-,10-/m1/s1. The first-order valence-corrected chi connectivity index (χ1v) is 5.82. The van der Waals surface area contributed by atoms with Crippen LogP contribution in [0, 0.1) is 0 Å². The topological polar surface area (TPSA) is 160 Å². The number of aliphatic hydroxyl groups is 7. The van der Waals surface area contributed by atoms with Crippen molar-refractivity contribution in [2.45, 2.75) is 42.9 Å². The highest BCUT2D eigenvalue weighted by Crippen LogP contribution is 2.23. The van der Waals surface area contributed by atoms with Gasteiger partial charge in [-0.25, -0.2) is 0 Å². The lowest BCUT2D eigenvalue weighted by Crippen LogP contribution is -2.60. The van der Waals surface area contributed by atoms with Gasteiger partial charge in [-0.1, -0.05) is 0 Å². The lowest BCUT2D eigenvalue weighted by molar-refractivity contribution is -0.319. The van der Waals surface area contributed by atoms with Crippen LogP contribution in [-0.4, -0.2) is 98.5 Å². The van der Waals surface area contributed by atoms with E-state index in [1.54, 1.807) is 0 Å². The van der Waals surface area contributed by atoms with Gasteiger partial charge in [0.25, 0.3) is 0 Å². The normalized spacial score (nSPS) is 39.0. The molecule has 1 rings (SSSR count). The summed E-state index contributed by atoms with van der Waals surface area (Å²) < 4.78 is 10.1. The summed E-state index contributed by atoms with van der Waals surface area (Å²) >= 11 is 0. The van der Waals surface area contributed by atoms with Crippen LogP contribution in [0.25, 0.3) is 0 Å². The molecule has 0 bridgehead atoms. The summed E-state index contributed by atoms with van der Waals surface area (Å²) in [7, 11) is 0. The maximum Gasteiger partial charge on any atom is 0.187 e. The molecule has 0 spiro atoms. The second kappa shape index (κ2) is 7.43. The average Bonchev–Trinajstić information content (AvgIpc) is 2.43. The first-order valence-electron chi connectivity index (χ1n) is 5.82. The zero-order chi connectivity index (χ0) is 14.6. The molecule has 114 valence electrons. The molecule has 9 heteroatoms. The van der Waals surface area contributed by atoms with Crippen LogP contribution in [0.1, 0.15) is 0 Å². The number of ether oxygens (including phenoxy) is 2. The fraction of sp³-hybridized carbons (Fsp3) is 1.00. The van der Waals surface area contributed by atoms with E-state index >= 15 is 0 Å². The number of rotatable bonds is 6. The highest BCUT2D eigenvalue weighted by Gasteiger charge is 2.45. The van der Waals surface area contributed by atoms with Crippen molar-refractivity contribution in [1.29, 1.82) is 0 Å². The predicted octanol–water partition coefficient (Wildman–Crippen LogP) is -4.48. The quantitative estimate of drug-likeness (QED) is 0.255. The lowest BCUT2D eigenvalue weighted by Gasteiger charge is -2.41. The van der Waals surface area contributed by atoms with Gasteiger partial charge in [-0.3, -0.25) is 0 Å². The third-order valence-corrected chi connectivity index (χ3v) is 2.95. The molecule has 19 heavy (non-hydrogen) atoms. The van der Waals surface area contributed by atoms with Crippen molar-refractivity contribution in [3.63, 3.8) is 0 Å². The first kappa shape index (κ1) is 16.7. The molecule has 9 nitrogen and oxygen atoms in total. The third kappa shape index (κ3) is 3.81. The third-order valence-electron chi connectivity index (χ3n) is 2.95. The van der Waals surface area contributed by atoms with Crippen molar-refractivity contribution in [3.8, 4) is 0 Å². The Bertz CT molecular complexity index is 261. The van der Waals surface area contributed by atoms with Gasteiger partial charge in [0.1, 0.15) is 36.6 Å². The summed E-state index contributed by atoms with van der Waals surface area (Å²) in [6.07, 6.45) is -10.0. The largest absolute Gasteiger partial charge is 0.394 e. The van der Waals surface area contributed by atoms with Crippen LogP contribution in [0.5, 0.6) is 0 Å². The van der Waals surface area contributed by atoms with Crippen molar-refractivity contribution in [1.82, 2.24) is 0 Å². The Hall–Kier alpha value is -0.360. The van der Waals surface area contributed by atoms with E-state index in [1.807, 2.05) is 0 Å². The van der Waals surface area contributed by atoms with Gasteiger partial charge < -0.3 is 45.2 Å². The average molecular weight is 284 g/mol. The number of hydrogen-bond donors (Lipinski definition) is 7. The smallest absolute Gasteiger partial charge is 0.187 e. The second-order valence-corrected chi connectivity index (χ2v) is 4.30. The molecule has 0 aromatic heterocycles. The second-order valence-electron chi connectivity index (χ2n) is 4.30. The number of aliphatic hydroxyl groups excluding tert-OH is 7. The van der Waals surface area contributed by atoms with Gasteiger partial charge in [0.2, 0.25) is 0 Å². The molecule has 7 atom stereocenters. The Morgan fingerprint density at radius 2 is 1.58 bits per heavy atom. The maximum absolute atomic E-state index is 9.65. The SMILES string of the molecule is OC[C@@H](O)[C@@H](CO)O[C@@H]1O[C@H](CO)[C@@H](O)[C@H](O)[C@H]1O. The van der Waals surface area contributed by atoms with E-state index in [2.05, 4.69) is 0 Å². The van der Waals surface area contributed by atoms with Crippen molar-refractivity contribution in [2.75, 3.05) is 19.8 Å². The molecule has 1 aliphatic heterocycles. The van der Waals surface area contributed by atoms with Gasteiger partial charge in [-0.2, -0.15) is 0 Å². The Morgan fingerprint density at radius 3 is 2.05 bits per heavy atom. The van der Waals surface area contributed by atoms with Gasteiger partial charge in [-0.05, 0) is 0 Å². The van der Waals surface area contributed by atoms with E-state index < -0.39 is 62.7 Å². The van der Waals surface area contributed by atoms with E-state index in [0.29, 0.717) is 0 Å². The fourth-order valence-corrected chi connectivity index (χ4v) is 1.73. The van der Waals surface area contributed by atoms with E-state index in [1.165, 1.54) is 0 Å². The molecule has 1 saturated heterocycles. The van der Waals surface area contributed by atoms with Crippen molar-refractivity contribution < 1.29 is 45.2 Å². The minimum absolute atomic E-state index is 0.614. The van der Waals surface area contributed by atoms with Crippen LogP contribution in [-0.2, 0) is 9.47 Å². The maximum atomic E-state index is 9.65. The molecule has 0 amide bonds. The van der Waals surface area contributed by atoms with Crippen LogP contribution in [0.4, 0.5) is 0 Å². The minimum Gasteiger partial charge on any atom is -0.394 e. The van der Waals surface area contributed by atoms with Crippen LogP contribution in [0.15, 0.2) is 0 Å². The van der Waals surface area contributed by atoms with Gasteiger partial charge in [-0.15, -0.1) is 0 Å². The fourth-order valence-electron chi connectivity index (χ4n) is 1.73. The highest BCUT2D eigenvalue weighted by atomic mass is 16.7. The zero-order valence-electron chi connectivity index (χ0n) is 10.1. The molecule has 0 aromatic rings. The summed E-state index contributed by atoms with van der Waals surface area (Å²) in [5, 5.41) is 64.7. The molecule has 1 heterocycles. The van der Waals surface area contributed by atoms with Gasteiger partial charge >= 0.3 is 0 Å². The molecule has 0 saturated carbocycles. The summed E-state index contributed by atoms with van der Waals surface area (Å²) in [5.41, 5.74) is 0. The monoisotopic (exact) mass is 284 g/mol. The van der Waals surface area contributed by atoms with Crippen molar-refractivity contribution in [3.05, 3.63) is 0 Å². The zero-order valence-corrected chi connectivity index (χ0v) is 10.1. The summed E-state index contributed by atoms with van der Waals surface area (Å²) in [5.74, 6) is 0. The molecule has 0 aliphatic carbocycles. The molecule has 7 N–H and O–H groups in total. The molecule has 1 fully saturated rings. The Labute approximate surface area is 109 Å². The molecular formula is C10H20O9. The molecular weight excluding hydrogens is 264 g/mol. The van der Waals surface area contributed by atoms with Gasteiger partial charge in [0.05, 0.1) is 19.8 Å². The van der Waals surface area contributed by atoms with Crippen molar-refractivity contribution in [2.24, 2.45) is 0 Å². The van der Waals surface area contributed by atoms with Gasteiger partial charge in [0, 0.05) is 0 Å². The van der Waals surface area contributed by atoms with Crippen LogP contribution < -0.4 is 0 Å². The molecule has 0 radical (unpaired) electrons.